The summed E-state index contributed by atoms with van der Waals surface area (Å²) in [6, 6.07) is 8.28. The average Bonchev–Trinajstić information content (AvgIpc) is 2.68. The number of rotatable bonds is 4. The number of carboxylic acid groups (broad SMARTS) is 1. The van der Waals surface area contributed by atoms with E-state index in [9.17, 15) is 4.79 Å². The molecular formula is C14H17NO2. The van der Waals surface area contributed by atoms with Crippen molar-refractivity contribution in [2.24, 2.45) is 13.0 Å². The number of para-hydroxylation sites is 1. The van der Waals surface area contributed by atoms with Crippen LogP contribution in [0.5, 0.6) is 0 Å². The first kappa shape index (κ1) is 11.7. The Labute approximate surface area is 101 Å². The number of hydrogen-bond acceptors (Lipinski definition) is 1. The normalized spacial score (nSPS) is 12.8. The molecule has 0 aliphatic carbocycles. The maximum absolute atomic E-state index is 10.8. The number of aromatic nitrogens is 1. The molecule has 2 aromatic rings. The first-order valence-corrected chi connectivity index (χ1v) is 5.85. The van der Waals surface area contributed by atoms with Gasteiger partial charge in [0.15, 0.2) is 0 Å². The van der Waals surface area contributed by atoms with Gasteiger partial charge in [-0.25, -0.2) is 0 Å². The van der Waals surface area contributed by atoms with Gasteiger partial charge in [-0.1, -0.05) is 25.1 Å². The summed E-state index contributed by atoms with van der Waals surface area (Å²) in [4.78, 5) is 10.8. The summed E-state index contributed by atoms with van der Waals surface area (Å²) >= 11 is 0. The Morgan fingerprint density at radius 2 is 2.18 bits per heavy atom. The molecule has 0 bridgehead atoms. The van der Waals surface area contributed by atoms with E-state index in [2.05, 4.69) is 22.8 Å². The van der Waals surface area contributed by atoms with Crippen molar-refractivity contribution in [3.63, 3.8) is 0 Å². The lowest BCUT2D eigenvalue weighted by Gasteiger charge is -2.08. The Morgan fingerprint density at radius 3 is 2.88 bits per heavy atom. The van der Waals surface area contributed by atoms with Gasteiger partial charge in [-0.15, -0.1) is 0 Å². The van der Waals surface area contributed by atoms with Crippen molar-refractivity contribution in [2.75, 3.05) is 0 Å². The van der Waals surface area contributed by atoms with E-state index in [0.717, 1.165) is 6.42 Å². The zero-order valence-corrected chi connectivity index (χ0v) is 10.2. The van der Waals surface area contributed by atoms with Gasteiger partial charge in [0.05, 0.1) is 11.4 Å². The van der Waals surface area contributed by atoms with E-state index in [0.29, 0.717) is 6.42 Å². The average molecular weight is 231 g/mol. The highest BCUT2D eigenvalue weighted by molar-refractivity contribution is 5.83. The van der Waals surface area contributed by atoms with Gasteiger partial charge in [0.25, 0.3) is 0 Å². The van der Waals surface area contributed by atoms with Crippen LogP contribution >= 0.6 is 0 Å². The molecule has 1 heterocycles. The minimum absolute atomic E-state index is 0.287. The number of benzene rings is 1. The van der Waals surface area contributed by atoms with Crippen LogP contribution in [-0.4, -0.2) is 15.6 Å². The number of aliphatic carboxylic acids is 1. The molecule has 1 aromatic carbocycles. The van der Waals surface area contributed by atoms with E-state index in [-0.39, 0.29) is 5.92 Å². The van der Waals surface area contributed by atoms with Gasteiger partial charge in [-0.05, 0) is 29.9 Å². The summed E-state index contributed by atoms with van der Waals surface area (Å²) in [7, 11) is 2.02. The van der Waals surface area contributed by atoms with E-state index in [1.165, 1.54) is 16.5 Å². The third-order valence-electron chi connectivity index (χ3n) is 3.25. The van der Waals surface area contributed by atoms with Crippen molar-refractivity contribution in [1.82, 2.24) is 4.57 Å². The molecule has 0 aliphatic heterocycles. The van der Waals surface area contributed by atoms with E-state index in [1.807, 2.05) is 19.3 Å². The number of hydrogen-bond donors (Lipinski definition) is 1. The molecular weight excluding hydrogens is 214 g/mol. The van der Waals surface area contributed by atoms with Crippen LogP contribution in [0, 0.1) is 5.92 Å². The molecule has 1 aromatic heterocycles. The third kappa shape index (κ3) is 2.33. The fourth-order valence-corrected chi connectivity index (χ4v) is 2.14. The van der Waals surface area contributed by atoms with Crippen molar-refractivity contribution in [3.05, 3.63) is 36.0 Å². The number of aryl methyl sites for hydroxylation is 2. The zero-order chi connectivity index (χ0) is 12.4. The van der Waals surface area contributed by atoms with Crippen LogP contribution in [0.25, 0.3) is 10.9 Å². The molecule has 0 amide bonds. The number of carbonyl (C=O) groups is 1. The second-order valence-corrected chi connectivity index (χ2v) is 4.56. The second-order valence-electron chi connectivity index (χ2n) is 4.56. The van der Waals surface area contributed by atoms with Crippen molar-refractivity contribution in [2.45, 2.75) is 19.8 Å². The standard InChI is InChI=1S/C14H17NO2/c1-10(14(16)17)6-7-11-4-3-5-12-8-9-15(2)13(11)12/h3-5,8-10H,6-7H2,1-2H3,(H,16,17). The molecule has 1 unspecified atom stereocenters. The Morgan fingerprint density at radius 1 is 1.41 bits per heavy atom. The van der Waals surface area contributed by atoms with Crippen LogP contribution in [0.4, 0.5) is 0 Å². The lowest BCUT2D eigenvalue weighted by atomic mass is 10.00. The molecule has 1 N–H and O–H groups in total. The molecule has 2 rings (SSSR count). The molecule has 0 aliphatic rings. The Hall–Kier alpha value is -1.77. The predicted octanol–water partition coefficient (Wildman–Crippen LogP) is 2.83. The van der Waals surface area contributed by atoms with E-state index < -0.39 is 5.97 Å². The van der Waals surface area contributed by atoms with Crippen molar-refractivity contribution in [1.29, 1.82) is 0 Å². The van der Waals surface area contributed by atoms with Crippen LogP contribution in [0.2, 0.25) is 0 Å². The molecule has 0 fully saturated rings. The second kappa shape index (κ2) is 4.62. The van der Waals surface area contributed by atoms with E-state index >= 15 is 0 Å². The van der Waals surface area contributed by atoms with Crippen LogP contribution in [-0.2, 0) is 18.3 Å². The highest BCUT2D eigenvalue weighted by atomic mass is 16.4. The fourth-order valence-electron chi connectivity index (χ4n) is 2.14. The summed E-state index contributed by atoms with van der Waals surface area (Å²) in [6.07, 6.45) is 3.52. The van der Waals surface area contributed by atoms with Crippen LogP contribution in [0.1, 0.15) is 18.9 Å². The Balaban J connectivity index is 2.24. The lowest BCUT2D eigenvalue weighted by molar-refractivity contribution is -0.141. The highest BCUT2D eigenvalue weighted by Gasteiger charge is 2.12. The van der Waals surface area contributed by atoms with Crippen LogP contribution in [0.3, 0.4) is 0 Å². The quantitative estimate of drug-likeness (QED) is 0.879. The molecule has 0 saturated carbocycles. The summed E-state index contributed by atoms with van der Waals surface area (Å²) in [5.74, 6) is -1.01. The fraction of sp³-hybridized carbons (Fsp3) is 0.357. The maximum Gasteiger partial charge on any atom is 0.306 e. The van der Waals surface area contributed by atoms with E-state index in [1.54, 1.807) is 6.92 Å². The van der Waals surface area contributed by atoms with Crippen molar-refractivity contribution in [3.8, 4) is 0 Å². The van der Waals surface area contributed by atoms with Gasteiger partial charge in [-0.2, -0.15) is 0 Å². The molecule has 90 valence electrons. The summed E-state index contributed by atoms with van der Waals surface area (Å²) in [5.41, 5.74) is 2.44. The van der Waals surface area contributed by atoms with Crippen molar-refractivity contribution >= 4 is 16.9 Å². The van der Waals surface area contributed by atoms with Crippen LogP contribution < -0.4 is 0 Å². The zero-order valence-electron chi connectivity index (χ0n) is 10.2. The molecule has 0 radical (unpaired) electrons. The topological polar surface area (TPSA) is 42.2 Å². The molecule has 1 atom stereocenters. The minimum atomic E-state index is -0.718. The van der Waals surface area contributed by atoms with Gasteiger partial charge in [0.2, 0.25) is 0 Å². The third-order valence-corrected chi connectivity index (χ3v) is 3.25. The van der Waals surface area contributed by atoms with Gasteiger partial charge in [-0.3, -0.25) is 4.79 Å². The molecule has 3 heteroatoms. The van der Waals surface area contributed by atoms with Crippen LogP contribution in [0.15, 0.2) is 30.5 Å². The minimum Gasteiger partial charge on any atom is -0.481 e. The summed E-state index contributed by atoms with van der Waals surface area (Å²) in [5, 5.41) is 10.1. The maximum atomic E-state index is 10.8. The smallest absolute Gasteiger partial charge is 0.306 e. The Bertz CT molecular complexity index is 542. The first-order chi connectivity index (χ1) is 8.09. The first-order valence-electron chi connectivity index (χ1n) is 5.85. The molecule has 17 heavy (non-hydrogen) atoms. The van der Waals surface area contributed by atoms with Gasteiger partial charge in [0.1, 0.15) is 0 Å². The highest BCUT2D eigenvalue weighted by Crippen LogP contribution is 2.21. The lowest BCUT2D eigenvalue weighted by Crippen LogP contribution is -2.10. The monoisotopic (exact) mass is 231 g/mol. The SMILES string of the molecule is CC(CCc1cccc2ccn(C)c12)C(=O)O. The number of nitrogens with zero attached hydrogens (tertiary/aromatic N) is 1. The summed E-state index contributed by atoms with van der Waals surface area (Å²) in [6.45, 7) is 1.76. The van der Waals surface area contributed by atoms with Gasteiger partial charge >= 0.3 is 5.97 Å². The predicted molar refractivity (Wildman–Crippen MR) is 68.0 cm³/mol. The van der Waals surface area contributed by atoms with E-state index in [4.69, 9.17) is 5.11 Å². The van der Waals surface area contributed by atoms with Gasteiger partial charge in [0, 0.05) is 13.2 Å². The number of fused-ring (bicyclic) bond motifs is 1. The molecule has 0 saturated heterocycles. The summed E-state index contributed by atoms with van der Waals surface area (Å²) < 4.78 is 2.09. The molecule has 0 spiro atoms. The molecule has 3 nitrogen and oxygen atoms in total. The largest absolute Gasteiger partial charge is 0.481 e. The van der Waals surface area contributed by atoms with Gasteiger partial charge < -0.3 is 9.67 Å². The number of carboxylic acids is 1. The van der Waals surface area contributed by atoms with Crippen molar-refractivity contribution < 1.29 is 9.90 Å². The Kier molecular flexibility index (Phi) is 3.18.